The number of thioether (sulfide) groups is 1. The second kappa shape index (κ2) is 10.4. The van der Waals surface area contributed by atoms with E-state index < -0.39 is 18.5 Å². The van der Waals surface area contributed by atoms with Crippen molar-refractivity contribution in [3.63, 3.8) is 0 Å². The Bertz CT molecular complexity index is 1280. The number of aryl methyl sites for hydroxylation is 2. The molecule has 1 aromatic heterocycles. The maximum absolute atomic E-state index is 12.3. The normalized spacial score (nSPS) is 10.8. The minimum atomic E-state index is -0.618. The molecular weight excluding hydrogens is 436 g/mol. The highest BCUT2D eigenvalue weighted by atomic mass is 32.2. The zero-order valence-electron chi connectivity index (χ0n) is 18.5. The number of rotatable bonds is 8. The number of imidazole rings is 1. The first-order valence-electron chi connectivity index (χ1n) is 10.5. The van der Waals surface area contributed by atoms with Crippen LogP contribution in [0.1, 0.15) is 16.7 Å². The van der Waals surface area contributed by atoms with Gasteiger partial charge in [0.2, 0.25) is 0 Å². The van der Waals surface area contributed by atoms with Crippen LogP contribution in [0.4, 0.5) is 0 Å². The standard InChI is InChI=1S/C26H24N2O4S/c1-18-12-13-21(14-19(18)2)32-24(29)16-31-25(30)17-33-26-27-22-10-6-7-11-23(22)28(26)15-20-8-4-3-5-9-20/h3-14H,15-17H2,1-2H3. The Kier molecular flexibility index (Phi) is 7.10. The van der Waals surface area contributed by atoms with Crippen LogP contribution in [0.25, 0.3) is 11.0 Å². The summed E-state index contributed by atoms with van der Waals surface area (Å²) >= 11 is 1.28. The van der Waals surface area contributed by atoms with Gasteiger partial charge in [0.1, 0.15) is 5.75 Å². The number of hydrogen-bond donors (Lipinski definition) is 0. The van der Waals surface area contributed by atoms with E-state index in [0.29, 0.717) is 12.3 Å². The zero-order valence-corrected chi connectivity index (χ0v) is 19.3. The summed E-state index contributed by atoms with van der Waals surface area (Å²) in [6.45, 7) is 4.12. The van der Waals surface area contributed by atoms with E-state index in [1.54, 1.807) is 12.1 Å². The van der Waals surface area contributed by atoms with Crippen LogP contribution in [-0.2, 0) is 20.9 Å². The van der Waals surface area contributed by atoms with Crippen LogP contribution in [0.15, 0.2) is 78.0 Å². The van der Waals surface area contributed by atoms with Gasteiger partial charge in [0, 0.05) is 0 Å². The number of aromatic nitrogens is 2. The Morgan fingerprint density at radius 3 is 2.45 bits per heavy atom. The van der Waals surface area contributed by atoms with Gasteiger partial charge in [0.15, 0.2) is 11.8 Å². The molecule has 33 heavy (non-hydrogen) atoms. The van der Waals surface area contributed by atoms with E-state index in [9.17, 15) is 9.59 Å². The molecule has 0 amide bonds. The van der Waals surface area contributed by atoms with Crippen molar-refractivity contribution < 1.29 is 19.1 Å². The molecule has 168 valence electrons. The van der Waals surface area contributed by atoms with E-state index in [2.05, 4.69) is 21.7 Å². The van der Waals surface area contributed by atoms with Crippen LogP contribution >= 0.6 is 11.8 Å². The van der Waals surface area contributed by atoms with Crippen LogP contribution in [0.3, 0.4) is 0 Å². The third-order valence-corrected chi connectivity index (χ3v) is 6.13. The van der Waals surface area contributed by atoms with Gasteiger partial charge in [0.05, 0.1) is 23.3 Å². The SMILES string of the molecule is Cc1ccc(OC(=O)COC(=O)CSc2nc3ccccc3n2Cc2ccccc2)cc1C. The number of para-hydroxylation sites is 2. The van der Waals surface area contributed by atoms with Gasteiger partial charge in [-0.15, -0.1) is 0 Å². The van der Waals surface area contributed by atoms with E-state index in [0.717, 1.165) is 32.9 Å². The molecule has 7 heteroatoms. The van der Waals surface area contributed by atoms with Crippen LogP contribution < -0.4 is 4.74 Å². The van der Waals surface area contributed by atoms with Crippen LogP contribution in [-0.4, -0.2) is 33.8 Å². The second-order valence-corrected chi connectivity index (χ2v) is 8.57. The first-order chi connectivity index (χ1) is 16.0. The van der Waals surface area contributed by atoms with Crippen LogP contribution in [0.5, 0.6) is 5.75 Å². The van der Waals surface area contributed by atoms with Crippen molar-refractivity contribution in [2.45, 2.75) is 25.5 Å². The number of carbonyl (C=O) groups is 2. The number of fused-ring (bicyclic) bond motifs is 1. The highest BCUT2D eigenvalue weighted by molar-refractivity contribution is 7.99. The average Bonchev–Trinajstić information content (AvgIpc) is 3.17. The Morgan fingerprint density at radius 1 is 0.909 bits per heavy atom. The van der Waals surface area contributed by atoms with E-state index in [4.69, 9.17) is 9.47 Å². The first kappa shape index (κ1) is 22.6. The predicted molar refractivity (Wildman–Crippen MR) is 129 cm³/mol. The molecule has 0 atom stereocenters. The minimum Gasteiger partial charge on any atom is -0.453 e. The van der Waals surface area contributed by atoms with Gasteiger partial charge in [-0.05, 0) is 54.8 Å². The molecule has 4 rings (SSSR count). The number of nitrogens with zero attached hydrogens (tertiary/aromatic N) is 2. The van der Waals surface area contributed by atoms with Crippen molar-refractivity contribution in [1.29, 1.82) is 0 Å². The smallest absolute Gasteiger partial charge is 0.349 e. The molecule has 3 aromatic carbocycles. The van der Waals surface area contributed by atoms with Crippen molar-refractivity contribution in [3.05, 3.63) is 89.5 Å². The van der Waals surface area contributed by atoms with Crippen molar-refractivity contribution in [3.8, 4) is 5.75 Å². The summed E-state index contributed by atoms with van der Waals surface area (Å²) in [5, 5.41) is 0.717. The van der Waals surface area contributed by atoms with Crippen molar-refractivity contribution in [2.75, 3.05) is 12.4 Å². The molecule has 0 unspecified atom stereocenters. The van der Waals surface area contributed by atoms with Gasteiger partial charge < -0.3 is 14.0 Å². The summed E-state index contributed by atoms with van der Waals surface area (Å²) in [5.41, 5.74) is 5.12. The lowest BCUT2D eigenvalue weighted by Gasteiger charge is -2.09. The Balaban J connectivity index is 1.36. The molecule has 6 nitrogen and oxygen atoms in total. The summed E-state index contributed by atoms with van der Waals surface area (Å²) in [5.74, 6) is -0.652. The summed E-state index contributed by atoms with van der Waals surface area (Å²) in [6.07, 6.45) is 0. The fourth-order valence-electron chi connectivity index (χ4n) is 3.33. The molecule has 0 radical (unpaired) electrons. The van der Waals surface area contributed by atoms with Crippen LogP contribution in [0.2, 0.25) is 0 Å². The van der Waals surface area contributed by atoms with Crippen molar-refractivity contribution in [1.82, 2.24) is 9.55 Å². The predicted octanol–water partition coefficient (Wildman–Crippen LogP) is 4.94. The molecule has 0 bridgehead atoms. The van der Waals surface area contributed by atoms with E-state index >= 15 is 0 Å². The van der Waals surface area contributed by atoms with E-state index in [1.807, 2.05) is 62.4 Å². The summed E-state index contributed by atoms with van der Waals surface area (Å²) in [7, 11) is 0. The maximum Gasteiger partial charge on any atom is 0.349 e. The number of benzene rings is 3. The molecule has 1 heterocycles. The summed E-state index contributed by atoms with van der Waals surface area (Å²) in [4.78, 5) is 29.0. The largest absolute Gasteiger partial charge is 0.453 e. The summed E-state index contributed by atoms with van der Waals surface area (Å²) in [6, 6.07) is 23.3. The van der Waals surface area contributed by atoms with Gasteiger partial charge in [-0.3, -0.25) is 4.79 Å². The molecule has 0 fully saturated rings. The Labute approximate surface area is 196 Å². The lowest BCUT2D eigenvalue weighted by Crippen LogP contribution is -2.20. The van der Waals surface area contributed by atoms with Crippen LogP contribution in [0, 0.1) is 13.8 Å². The number of carbonyl (C=O) groups excluding carboxylic acids is 2. The van der Waals surface area contributed by atoms with E-state index in [-0.39, 0.29) is 5.75 Å². The average molecular weight is 461 g/mol. The third kappa shape index (κ3) is 5.81. The zero-order chi connectivity index (χ0) is 23.2. The molecule has 0 aliphatic rings. The molecule has 0 saturated heterocycles. The molecular formula is C26H24N2O4S. The lowest BCUT2D eigenvalue weighted by molar-refractivity contribution is -0.151. The maximum atomic E-state index is 12.3. The fraction of sp³-hybridized carbons (Fsp3) is 0.192. The van der Waals surface area contributed by atoms with Crippen molar-refractivity contribution in [2.24, 2.45) is 0 Å². The highest BCUT2D eigenvalue weighted by Gasteiger charge is 2.15. The van der Waals surface area contributed by atoms with Gasteiger partial charge in [-0.2, -0.15) is 0 Å². The first-order valence-corrected chi connectivity index (χ1v) is 11.5. The van der Waals surface area contributed by atoms with Crippen molar-refractivity contribution >= 4 is 34.7 Å². The molecule has 0 aliphatic carbocycles. The number of hydrogen-bond acceptors (Lipinski definition) is 6. The molecule has 0 N–H and O–H groups in total. The van der Waals surface area contributed by atoms with Gasteiger partial charge in [0.25, 0.3) is 0 Å². The second-order valence-electron chi connectivity index (χ2n) is 7.62. The van der Waals surface area contributed by atoms with Gasteiger partial charge in [-0.1, -0.05) is 60.3 Å². The quantitative estimate of drug-likeness (QED) is 0.211. The fourth-order valence-corrected chi connectivity index (χ4v) is 4.14. The highest BCUT2D eigenvalue weighted by Crippen LogP contribution is 2.25. The molecule has 0 saturated carbocycles. The Morgan fingerprint density at radius 2 is 1.67 bits per heavy atom. The summed E-state index contributed by atoms with van der Waals surface area (Å²) < 4.78 is 12.4. The van der Waals surface area contributed by atoms with Gasteiger partial charge in [-0.25, -0.2) is 9.78 Å². The number of ether oxygens (including phenoxy) is 2. The molecule has 4 aromatic rings. The lowest BCUT2D eigenvalue weighted by atomic mass is 10.1. The minimum absolute atomic E-state index is 0.0367. The third-order valence-electron chi connectivity index (χ3n) is 5.18. The molecule has 0 spiro atoms. The number of esters is 2. The molecule has 0 aliphatic heterocycles. The van der Waals surface area contributed by atoms with E-state index in [1.165, 1.54) is 11.8 Å². The Hall–Kier alpha value is -3.58. The monoisotopic (exact) mass is 460 g/mol. The van der Waals surface area contributed by atoms with Gasteiger partial charge >= 0.3 is 11.9 Å². The topological polar surface area (TPSA) is 70.4 Å².